The van der Waals surface area contributed by atoms with E-state index in [9.17, 15) is 4.79 Å². The molecule has 0 atom stereocenters. The van der Waals surface area contributed by atoms with E-state index in [1.54, 1.807) is 6.92 Å². The number of unbranched alkanes of at least 4 members (excludes halogenated alkanes) is 2. The topological polar surface area (TPSA) is 63.2 Å². The van der Waals surface area contributed by atoms with Gasteiger partial charge in [-0.2, -0.15) is 0 Å². The zero-order valence-electron chi connectivity index (χ0n) is 14.6. The predicted octanol–water partition coefficient (Wildman–Crippen LogP) is 2.36. The minimum absolute atomic E-state index is 0.229. The molecule has 0 aromatic rings. The van der Waals surface area contributed by atoms with Crippen molar-refractivity contribution in [2.75, 3.05) is 59.5 Å². The molecule has 23 heavy (non-hydrogen) atoms. The quantitative estimate of drug-likeness (QED) is 0.231. The maximum absolute atomic E-state index is 11.1. The van der Waals surface area contributed by atoms with Crippen LogP contribution in [0.15, 0.2) is 12.2 Å². The standard InChI is InChI=1S/C17H32O6/c1-4-5-6-7-19-8-9-20-10-11-21-12-13-22-14-15-23-17(18)16(2)3/h2,4-15H2,1,3H3. The number of carbonyl (C=O) groups excluding carboxylic acids is 1. The smallest absolute Gasteiger partial charge is 0.333 e. The van der Waals surface area contributed by atoms with Crippen LogP contribution in [-0.4, -0.2) is 65.4 Å². The summed E-state index contributed by atoms with van der Waals surface area (Å²) in [5.74, 6) is -0.392. The number of hydrogen-bond acceptors (Lipinski definition) is 6. The lowest BCUT2D eigenvalue weighted by Crippen LogP contribution is -2.14. The van der Waals surface area contributed by atoms with E-state index in [0.29, 0.717) is 51.8 Å². The van der Waals surface area contributed by atoms with Crippen LogP contribution in [0.5, 0.6) is 0 Å². The summed E-state index contributed by atoms with van der Waals surface area (Å²) >= 11 is 0. The molecule has 0 radical (unpaired) electrons. The summed E-state index contributed by atoms with van der Waals surface area (Å²) in [6.07, 6.45) is 3.54. The first kappa shape index (κ1) is 22.1. The molecular formula is C17H32O6. The molecule has 0 aliphatic carbocycles. The van der Waals surface area contributed by atoms with E-state index in [0.717, 1.165) is 13.0 Å². The van der Waals surface area contributed by atoms with Crippen molar-refractivity contribution in [1.82, 2.24) is 0 Å². The molecule has 136 valence electrons. The second kappa shape index (κ2) is 17.4. The van der Waals surface area contributed by atoms with Crippen LogP contribution in [0.1, 0.15) is 33.1 Å². The van der Waals surface area contributed by atoms with Gasteiger partial charge in [0.05, 0.1) is 46.2 Å². The summed E-state index contributed by atoms with van der Waals surface area (Å²) in [5.41, 5.74) is 0.389. The minimum atomic E-state index is -0.392. The minimum Gasteiger partial charge on any atom is -0.460 e. The van der Waals surface area contributed by atoms with Gasteiger partial charge in [0.2, 0.25) is 0 Å². The molecule has 0 amide bonds. The highest BCUT2D eigenvalue weighted by Gasteiger charge is 2.01. The largest absolute Gasteiger partial charge is 0.460 e. The number of rotatable bonds is 17. The van der Waals surface area contributed by atoms with Gasteiger partial charge in [0.15, 0.2) is 0 Å². The summed E-state index contributed by atoms with van der Waals surface area (Å²) in [6.45, 7) is 11.9. The van der Waals surface area contributed by atoms with Crippen molar-refractivity contribution in [3.8, 4) is 0 Å². The van der Waals surface area contributed by atoms with E-state index in [4.69, 9.17) is 23.7 Å². The lowest BCUT2D eigenvalue weighted by molar-refractivity contribution is -0.140. The van der Waals surface area contributed by atoms with Gasteiger partial charge in [0, 0.05) is 12.2 Å². The molecule has 6 heteroatoms. The summed E-state index contributed by atoms with van der Waals surface area (Å²) in [7, 11) is 0. The lowest BCUT2D eigenvalue weighted by Gasteiger charge is -2.08. The van der Waals surface area contributed by atoms with Gasteiger partial charge in [-0.15, -0.1) is 0 Å². The fourth-order valence-electron chi connectivity index (χ4n) is 1.53. The highest BCUT2D eigenvalue weighted by atomic mass is 16.6. The lowest BCUT2D eigenvalue weighted by atomic mass is 10.3. The van der Waals surface area contributed by atoms with Crippen molar-refractivity contribution in [2.24, 2.45) is 0 Å². The summed E-state index contributed by atoms with van der Waals surface area (Å²) in [5, 5.41) is 0. The summed E-state index contributed by atoms with van der Waals surface area (Å²) in [6, 6.07) is 0. The Labute approximate surface area is 140 Å². The Hall–Kier alpha value is -0.950. The van der Waals surface area contributed by atoms with Crippen LogP contribution in [0.3, 0.4) is 0 Å². The van der Waals surface area contributed by atoms with Crippen molar-refractivity contribution >= 4 is 5.97 Å². The first-order valence-corrected chi connectivity index (χ1v) is 8.32. The third-order valence-corrected chi connectivity index (χ3v) is 2.82. The Morgan fingerprint density at radius 3 is 1.61 bits per heavy atom. The average Bonchev–Trinajstić information content (AvgIpc) is 2.54. The van der Waals surface area contributed by atoms with Gasteiger partial charge in [-0.25, -0.2) is 4.79 Å². The van der Waals surface area contributed by atoms with E-state index in [1.165, 1.54) is 12.8 Å². The molecule has 0 saturated heterocycles. The van der Waals surface area contributed by atoms with E-state index >= 15 is 0 Å². The van der Waals surface area contributed by atoms with Crippen LogP contribution in [0.2, 0.25) is 0 Å². The first-order chi connectivity index (χ1) is 11.2. The van der Waals surface area contributed by atoms with E-state index in [-0.39, 0.29) is 6.61 Å². The molecule has 0 aliphatic heterocycles. The van der Waals surface area contributed by atoms with Gasteiger partial charge in [-0.05, 0) is 13.3 Å². The molecule has 0 spiro atoms. The molecule has 0 bridgehead atoms. The van der Waals surface area contributed by atoms with Gasteiger partial charge in [0.25, 0.3) is 0 Å². The Kier molecular flexibility index (Phi) is 16.7. The number of carbonyl (C=O) groups is 1. The SMILES string of the molecule is C=C(C)C(=O)OCCOCCOCCOCCOCCCCC. The fourth-order valence-corrected chi connectivity index (χ4v) is 1.53. The second-order valence-electron chi connectivity index (χ2n) is 5.07. The second-order valence-corrected chi connectivity index (χ2v) is 5.07. The maximum Gasteiger partial charge on any atom is 0.333 e. The number of ether oxygens (including phenoxy) is 5. The molecule has 0 aliphatic rings. The van der Waals surface area contributed by atoms with Crippen molar-refractivity contribution in [2.45, 2.75) is 33.1 Å². The Morgan fingerprint density at radius 1 is 0.739 bits per heavy atom. The van der Waals surface area contributed by atoms with Crippen molar-refractivity contribution in [1.29, 1.82) is 0 Å². The van der Waals surface area contributed by atoms with Gasteiger partial charge in [-0.3, -0.25) is 0 Å². The molecule has 0 aromatic heterocycles. The molecule has 0 unspecified atom stereocenters. The van der Waals surface area contributed by atoms with Crippen molar-refractivity contribution < 1.29 is 28.5 Å². The molecule has 0 fully saturated rings. The maximum atomic E-state index is 11.1. The third-order valence-electron chi connectivity index (χ3n) is 2.82. The van der Waals surface area contributed by atoms with Crippen LogP contribution in [0.25, 0.3) is 0 Å². The van der Waals surface area contributed by atoms with Crippen LogP contribution < -0.4 is 0 Å². The molecular weight excluding hydrogens is 300 g/mol. The van der Waals surface area contributed by atoms with Crippen LogP contribution in [0, 0.1) is 0 Å². The molecule has 6 nitrogen and oxygen atoms in total. The van der Waals surface area contributed by atoms with Gasteiger partial charge in [0.1, 0.15) is 6.61 Å². The van der Waals surface area contributed by atoms with Gasteiger partial charge in [-0.1, -0.05) is 26.3 Å². The number of hydrogen-bond donors (Lipinski definition) is 0. The van der Waals surface area contributed by atoms with Crippen molar-refractivity contribution in [3.63, 3.8) is 0 Å². The Morgan fingerprint density at radius 2 is 1.17 bits per heavy atom. The van der Waals surface area contributed by atoms with E-state index in [1.807, 2.05) is 0 Å². The molecule has 0 aromatic carbocycles. The van der Waals surface area contributed by atoms with Crippen LogP contribution in [-0.2, 0) is 28.5 Å². The molecule has 0 rings (SSSR count). The van der Waals surface area contributed by atoms with E-state index < -0.39 is 5.97 Å². The Balaban J connectivity index is 3.05. The monoisotopic (exact) mass is 332 g/mol. The molecule has 0 heterocycles. The highest BCUT2D eigenvalue weighted by Crippen LogP contribution is 1.94. The first-order valence-electron chi connectivity index (χ1n) is 8.32. The molecule has 0 N–H and O–H groups in total. The highest BCUT2D eigenvalue weighted by molar-refractivity contribution is 5.86. The summed E-state index contributed by atoms with van der Waals surface area (Å²) < 4.78 is 26.3. The van der Waals surface area contributed by atoms with Crippen molar-refractivity contribution in [3.05, 3.63) is 12.2 Å². The third kappa shape index (κ3) is 17.2. The average molecular weight is 332 g/mol. The summed E-state index contributed by atoms with van der Waals surface area (Å²) in [4.78, 5) is 11.1. The fraction of sp³-hybridized carbons (Fsp3) is 0.824. The normalized spacial score (nSPS) is 10.7. The van der Waals surface area contributed by atoms with Crippen LogP contribution >= 0.6 is 0 Å². The van der Waals surface area contributed by atoms with Gasteiger partial charge >= 0.3 is 5.97 Å². The van der Waals surface area contributed by atoms with Gasteiger partial charge < -0.3 is 23.7 Å². The van der Waals surface area contributed by atoms with Crippen LogP contribution in [0.4, 0.5) is 0 Å². The Bertz CT molecular complexity index is 293. The van der Waals surface area contributed by atoms with E-state index in [2.05, 4.69) is 13.5 Å². The zero-order valence-corrected chi connectivity index (χ0v) is 14.6. The number of esters is 1. The zero-order chi connectivity index (χ0) is 17.2. The predicted molar refractivity (Wildman–Crippen MR) is 88.6 cm³/mol. The molecule has 0 saturated carbocycles.